The van der Waals surface area contributed by atoms with Crippen LogP contribution < -0.4 is 16.8 Å². The van der Waals surface area contributed by atoms with Crippen molar-refractivity contribution in [1.82, 2.24) is 4.98 Å². The molecule has 1 aromatic carbocycles. The van der Waals surface area contributed by atoms with Gasteiger partial charge in [-0.2, -0.15) is 0 Å². The minimum Gasteiger partial charge on any atom is -0.398 e. The van der Waals surface area contributed by atoms with Gasteiger partial charge in [0, 0.05) is 21.7 Å². The highest BCUT2D eigenvalue weighted by Gasteiger charge is 2.20. The van der Waals surface area contributed by atoms with E-state index in [1.54, 1.807) is 12.3 Å². The molecule has 0 aliphatic heterocycles. The van der Waals surface area contributed by atoms with E-state index >= 15 is 0 Å². The summed E-state index contributed by atoms with van der Waals surface area (Å²) in [5, 5.41) is 3.99. The van der Waals surface area contributed by atoms with Gasteiger partial charge in [-0.3, -0.25) is 9.78 Å². The Hall–Kier alpha value is -1.82. The number of carbonyl (C=O) groups is 1. The molecule has 0 aliphatic carbocycles. The maximum absolute atomic E-state index is 11.5. The van der Waals surface area contributed by atoms with Crippen molar-refractivity contribution in [3.8, 4) is 0 Å². The monoisotopic (exact) mass is 336 g/mol. The molecule has 0 aliphatic rings. The third-order valence-corrected chi connectivity index (χ3v) is 3.57. The van der Waals surface area contributed by atoms with Gasteiger partial charge in [0.15, 0.2) is 0 Å². The number of carbonyl (C=O) groups excluding carboxylic acids is 1. The van der Waals surface area contributed by atoms with Crippen molar-refractivity contribution in [3.05, 3.63) is 28.9 Å². The number of nitrogens with two attached hydrogens (primary N) is 2. The SMILES string of the molecule is CC(C)C(Nc1ccc(N)c2cc(Br)cnc12)C(N)=O. The summed E-state index contributed by atoms with van der Waals surface area (Å²) in [5.74, 6) is -0.308. The van der Waals surface area contributed by atoms with E-state index in [2.05, 4.69) is 26.2 Å². The van der Waals surface area contributed by atoms with E-state index in [9.17, 15) is 4.79 Å². The van der Waals surface area contributed by atoms with Crippen LogP contribution in [-0.2, 0) is 4.79 Å². The molecule has 0 spiro atoms. The topological polar surface area (TPSA) is 94.0 Å². The first-order chi connectivity index (χ1) is 9.40. The van der Waals surface area contributed by atoms with Crippen molar-refractivity contribution in [2.75, 3.05) is 11.1 Å². The van der Waals surface area contributed by atoms with E-state index in [1.807, 2.05) is 26.0 Å². The molecule has 106 valence electrons. The smallest absolute Gasteiger partial charge is 0.240 e. The van der Waals surface area contributed by atoms with Crippen molar-refractivity contribution in [2.24, 2.45) is 11.7 Å². The van der Waals surface area contributed by atoms with Gasteiger partial charge in [0.05, 0.1) is 11.2 Å². The number of benzene rings is 1. The zero-order chi connectivity index (χ0) is 14.9. The quantitative estimate of drug-likeness (QED) is 0.747. The molecule has 2 aromatic rings. The summed E-state index contributed by atoms with van der Waals surface area (Å²) in [5.41, 5.74) is 13.5. The van der Waals surface area contributed by atoms with Gasteiger partial charge in [0.1, 0.15) is 6.04 Å². The van der Waals surface area contributed by atoms with E-state index in [4.69, 9.17) is 11.5 Å². The van der Waals surface area contributed by atoms with Crippen LogP contribution in [0.15, 0.2) is 28.9 Å². The van der Waals surface area contributed by atoms with Crippen LogP contribution in [0.1, 0.15) is 13.8 Å². The first-order valence-electron chi connectivity index (χ1n) is 6.29. The second kappa shape index (κ2) is 5.66. The Balaban J connectivity index is 2.50. The van der Waals surface area contributed by atoms with Gasteiger partial charge in [-0.25, -0.2) is 0 Å². The average Bonchev–Trinajstić information content (AvgIpc) is 2.37. The molecule has 5 N–H and O–H groups in total. The highest BCUT2D eigenvalue weighted by molar-refractivity contribution is 9.10. The van der Waals surface area contributed by atoms with Gasteiger partial charge in [-0.15, -0.1) is 0 Å². The third-order valence-electron chi connectivity index (χ3n) is 3.13. The molecule has 6 heteroatoms. The van der Waals surface area contributed by atoms with Crippen molar-refractivity contribution in [3.63, 3.8) is 0 Å². The number of nitrogens with one attached hydrogen (secondary N) is 1. The summed E-state index contributed by atoms with van der Waals surface area (Å²) < 4.78 is 0.851. The number of pyridine rings is 1. The molecule has 0 saturated carbocycles. The molecular weight excluding hydrogens is 320 g/mol. The molecule has 0 bridgehead atoms. The molecule has 2 rings (SSSR count). The first-order valence-corrected chi connectivity index (χ1v) is 7.09. The lowest BCUT2D eigenvalue weighted by Crippen LogP contribution is -2.39. The molecular formula is C14H17BrN4O. The summed E-state index contributed by atoms with van der Waals surface area (Å²) in [6.45, 7) is 3.87. The van der Waals surface area contributed by atoms with Crippen LogP contribution in [0.2, 0.25) is 0 Å². The summed E-state index contributed by atoms with van der Waals surface area (Å²) in [7, 11) is 0. The Morgan fingerprint density at radius 2 is 2.10 bits per heavy atom. The normalized spacial score (nSPS) is 12.6. The number of primary amides is 1. The van der Waals surface area contributed by atoms with Gasteiger partial charge in [-0.05, 0) is 40.0 Å². The van der Waals surface area contributed by atoms with Gasteiger partial charge in [0.2, 0.25) is 5.91 Å². The number of halogens is 1. The number of nitrogens with zero attached hydrogens (tertiary/aromatic N) is 1. The van der Waals surface area contributed by atoms with E-state index < -0.39 is 6.04 Å². The fourth-order valence-corrected chi connectivity index (χ4v) is 2.40. The summed E-state index contributed by atoms with van der Waals surface area (Å²) in [6.07, 6.45) is 1.70. The van der Waals surface area contributed by atoms with Gasteiger partial charge < -0.3 is 16.8 Å². The predicted octanol–water partition coefficient (Wildman–Crippen LogP) is 2.50. The third kappa shape index (κ3) is 2.85. The lowest BCUT2D eigenvalue weighted by molar-refractivity contribution is -0.119. The summed E-state index contributed by atoms with van der Waals surface area (Å²) in [6, 6.07) is 5.05. The Bertz CT molecular complexity index is 657. The van der Waals surface area contributed by atoms with Crippen molar-refractivity contribution >= 4 is 44.1 Å². The zero-order valence-corrected chi connectivity index (χ0v) is 12.9. The molecule has 0 radical (unpaired) electrons. The minimum atomic E-state index is -0.452. The number of amides is 1. The standard InChI is InChI=1S/C14H17BrN4O/c1-7(2)12(14(17)20)19-11-4-3-10(16)9-5-8(15)6-18-13(9)11/h3-7,12,19H,16H2,1-2H3,(H2,17,20). The Morgan fingerprint density at radius 3 is 2.70 bits per heavy atom. The van der Waals surface area contributed by atoms with Crippen LogP contribution in [-0.4, -0.2) is 16.9 Å². The van der Waals surface area contributed by atoms with E-state index in [0.717, 1.165) is 21.1 Å². The molecule has 1 atom stereocenters. The van der Waals surface area contributed by atoms with Crippen molar-refractivity contribution in [1.29, 1.82) is 0 Å². The van der Waals surface area contributed by atoms with Gasteiger partial charge in [-0.1, -0.05) is 13.8 Å². The maximum Gasteiger partial charge on any atom is 0.240 e. The second-order valence-corrected chi connectivity index (χ2v) is 5.94. The molecule has 1 heterocycles. The number of fused-ring (bicyclic) bond motifs is 1. The van der Waals surface area contributed by atoms with Gasteiger partial charge in [0.25, 0.3) is 0 Å². The number of aromatic nitrogens is 1. The van der Waals surface area contributed by atoms with Crippen LogP contribution in [0.25, 0.3) is 10.9 Å². The number of nitrogen functional groups attached to an aromatic ring is 1. The van der Waals surface area contributed by atoms with Crippen LogP contribution >= 0.6 is 15.9 Å². The van der Waals surface area contributed by atoms with Crippen LogP contribution in [0.3, 0.4) is 0 Å². The van der Waals surface area contributed by atoms with E-state index in [-0.39, 0.29) is 11.8 Å². The molecule has 5 nitrogen and oxygen atoms in total. The fraction of sp³-hybridized carbons (Fsp3) is 0.286. The Labute approximate surface area is 125 Å². The molecule has 0 saturated heterocycles. The molecule has 20 heavy (non-hydrogen) atoms. The first kappa shape index (κ1) is 14.6. The zero-order valence-electron chi connectivity index (χ0n) is 11.4. The fourth-order valence-electron chi connectivity index (χ4n) is 2.07. The van der Waals surface area contributed by atoms with E-state index in [0.29, 0.717) is 5.69 Å². The Kier molecular flexibility index (Phi) is 4.13. The van der Waals surface area contributed by atoms with Crippen LogP contribution in [0, 0.1) is 5.92 Å². The Morgan fingerprint density at radius 1 is 1.40 bits per heavy atom. The average molecular weight is 337 g/mol. The molecule has 1 unspecified atom stereocenters. The number of hydrogen-bond acceptors (Lipinski definition) is 4. The van der Waals surface area contributed by atoms with Gasteiger partial charge >= 0.3 is 0 Å². The number of rotatable bonds is 4. The predicted molar refractivity (Wildman–Crippen MR) is 85.3 cm³/mol. The molecule has 1 amide bonds. The minimum absolute atomic E-state index is 0.0792. The summed E-state index contributed by atoms with van der Waals surface area (Å²) >= 11 is 3.38. The number of anilines is 2. The highest BCUT2D eigenvalue weighted by Crippen LogP contribution is 2.29. The lowest BCUT2D eigenvalue weighted by atomic mass is 10.0. The maximum atomic E-state index is 11.5. The van der Waals surface area contributed by atoms with E-state index in [1.165, 1.54) is 0 Å². The molecule has 0 fully saturated rings. The largest absolute Gasteiger partial charge is 0.398 e. The number of hydrogen-bond donors (Lipinski definition) is 3. The van der Waals surface area contributed by atoms with Crippen molar-refractivity contribution in [2.45, 2.75) is 19.9 Å². The van der Waals surface area contributed by atoms with Crippen LogP contribution in [0.4, 0.5) is 11.4 Å². The summed E-state index contributed by atoms with van der Waals surface area (Å²) in [4.78, 5) is 15.9. The molecule has 1 aromatic heterocycles. The van der Waals surface area contributed by atoms with Crippen molar-refractivity contribution < 1.29 is 4.79 Å². The van der Waals surface area contributed by atoms with Crippen LogP contribution in [0.5, 0.6) is 0 Å². The lowest BCUT2D eigenvalue weighted by Gasteiger charge is -2.21. The highest BCUT2D eigenvalue weighted by atomic mass is 79.9. The second-order valence-electron chi connectivity index (χ2n) is 5.02.